The molecule has 1 N–H and O–H groups in total. The van der Waals surface area contributed by atoms with Gasteiger partial charge < -0.3 is 10.1 Å². The Labute approximate surface area is 159 Å². The molecule has 2 aromatic heterocycles. The van der Waals surface area contributed by atoms with E-state index in [9.17, 15) is 4.79 Å². The number of fused-ring (bicyclic) bond motifs is 1. The monoisotopic (exact) mass is 379 g/mol. The van der Waals surface area contributed by atoms with Crippen LogP contribution in [0.3, 0.4) is 0 Å². The number of nitrogens with zero attached hydrogens (tertiary/aromatic N) is 4. The van der Waals surface area contributed by atoms with Gasteiger partial charge in [0.05, 0.1) is 23.5 Å². The fourth-order valence-electron chi connectivity index (χ4n) is 2.84. The highest BCUT2D eigenvalue weighted by atomic mass is 32.1. The minimum atomic E-state index is -0.306. The van der Waals surface area contributed by atoms with Crippen LogP contribution in [0.4, 0.5) is 0 Å². The fraction of sp³-hybridized carbons (Fsp3) is 0.158. The van der Waals surface area contributed by atoms with Crippen LogP contribution in [-0.2, 0) is 11.8 Å². The molecule has 27 heavy (non-hydrogen) atoms. The van der Waals surface area contributed by atoms with Crippen LogP contribution in [0.1, 0.15) is 17.3 Å². The zero-order valence-corrected chi connectivity index (χ0v) is 15.4. The number of hydrogen-bond acceptors (Lipinski definition) is 6. The lowest BCUT2D eigenvalue weighted by Crippen LogP contribution is -2.34. The van der Waals surface area contributed by atoms with Crippen LogP contribution >= 0.6 is 11.7 Å². The normalized spacial score (nSPS) is 12.0. The van der Waals surface area contributed by atoms with Crippen molar-refractivity contribution in [3.05, 3.63) is 72.1 Å². The van der Waals surface area contributed by atoms with Gasteiger partial charge in [-0.2, -0.15) is 13.8 Å². The maximum absolute atomic E-state index is 12.5. The molecule has 136 valence electrons. The summed E-state index contributed by atoms with van der Waals surface area (Å²) in [5.74, 6) is 0.365. The smallest absolute Gasteiger partial charge is 0.258 e. The van der Waals surface area contributed by atoms with E-state index in [2.05, 4.69) is 19.2 Å². The van der Waals surface area contributed by atoms with Gasteiger partial charge in [0.1, 0.15) is 16.8 Å². The second-order valence-electron chi connectivity index (χ2n) is 5.99. The molecule has 0 aliphatic carbocycles. The van der Waals surface area contributed by atoms with Crippen molar-refractivity contribution in [3.63, 3.8) is 0 Å². The number of carbonyl (C=O) groups is 1. The van der Waals surface area contributed by atoms with Crippen LogP contribution in [0.2, 0.25) is 0 Å². The van der Waals surface area contributed by atoms with Crippen molar-refractivity contribution >= 4 is 28.7 Å². The summed E-state index contributed by atoms with van der Waals surface area (Å²) in [6.45, 7) is -0.0930. The van der Waals surface area contributed by atoms with Gasteiger partial charge in [-0.05, 0) is 23.8 Å². The number of nitrogens with one attached hydrogen (secondary N) is 1. The Balaban J connectivity index is 1.47. The average Bonchev–Trinajstić information content (AvgIpc) is 3.33. The highest BCUT2D eigenvalue weighted by Crippen LogP contribution is 2.22. The van der Waals surface area contributed by atoms with E-state index in [1.165, 1.54) is 0 Å². The van der Waals surface area contributed by atoms with E-state index in [1.54, 1.807) is 23.0 Å². The molecule has 4 aromatic rings. The number of benzene rings is 2. The second kappa shape index (κ2) is 7.55. The summed E-state index contributed by atoms with van der Waals surface area (Å²) < 4.78 is 15.7. The molecule has 2 heterocycles. The first-order valence-electron chi connectivity index (χ1n) is 8.38. The van der Waals surface area contributed by atoms with Crippen molar-refractivity contribution in [2.24, 2.45) is 7.05 Å². The summed E-state index contributed by atoms with van der Waals surface area (Å²) in [6.07, 6.45) is 1.71. The lowest BCUT2D eigenvalue weighted by molar-refractivity contribution is -0.123. The van der Waals surface area contributed by atoms with Gasteiger partial charge in [-0.15, -0.1) is 0 Å². The third-order valence-corrected chi connectivity index (χ3v) is 4.74. The molecule has 0 saturated carbocycles. The molecule has 7 nitrogen and oxygen atoms in total. The Morgan fingerprint density at radius 1 is 1.15 bits per heavy atom. The first-order chi connectivity index (χ1) is 13.2. The van der Waals surface area contributed by atoms with Crippen LogP contribution in [-0.4, -0.2) is 31.0 Å². The average molecular weight is 379 g/mol. The highest BCUT2D eigenvalue weighted by Gasteiger charge is 2.20. The van der Waals surface area contributed by atoms with E-state index in [0.29, 0.717) is 5.75 Å². The summed E-state index contributed by atoms with van der Waals surface area (Å²) in [6, 6.07) is 16.8. The molecule has 2 aromatic carbocycles. The fourth-order valence-corrected chi connectivity index (χ4v) is 3.36. The molecule has 0 saturated heterocycles. The molecule has 0 radical (unpaired) electrons. The molecule has 4 rings (SSSR count). The zero-order chi connectivity index (χ0) is 18.6. The summed E-state index contributed by atoms with van der Waals surface area (Å²) in [4.78, 5) is 12.5. The largest absolute Gasteiger partial charge is 0.484 e. The molecule has 0 bridgehead atoms. The number of rotatable bonds is 6. The van der Waals surface area contributed by atoms with Gasteiger partial charge in [0, 0.05) is 19.3 Å². The minimum absolute atomic E-state index is 0.0930. The molecule has 0 aliphatic rings. The number of ether oxygens (including phenoxy) is 1. The van der Waals surface area contributed by atoms with Crippen molar-refractivity contribution in [2.45, 2.75) is 6.04 Å². The number of amides is 1. The van der Waals surface area contributed by atoms with Crippen molar-refractivity contribution < 1.29 is 9.53 Å². The Morgan fingerprint density at radius 3 is 2.74 bits per heavy atom. The topological polar surface area (TPSA) is 81.9 Å². The van der Waals surface area contributed by atoms with Gasteiger partial charge in [-0.3, -0.25) is 9.48 Å². The zero-order valence-electron chi connectivity index (χ0n) is 14.6. The van der Waals surface area contributed by atoms with E-state index in [-0.39, 0.29) is 18.6 Å². The van der Waals surface area contributed by atoms with Crippen molar-refractivity contribution in [3.8, 4) is 5.75 Å². The third kappa shape index (κ3) is 3.80. The van der Waals surface area contributed by atoms with E-state index in [4.69, 9.17) is 4.74 Å². The van der Waals surface area contributed by atoms with Crippen LogP contribution in [0, 0.1) is 0 Å². The van der Waals surface area contributed by atoms with Gasteiger partial charge in [0.2, 0.25) is 0 Å². The number of aryl methyl sites for hydroxylation is 1. The molecule has 1 atom stereocenters. The number of aromatic nitrogens is 4. The van der Waals surface area contributed by atoms with Gasteiger partial charge in [0.25, 0.3) is 5.91 Å². The predicted octanol–water partition coefficient (Wildman–Crippen LogP) is 2.71. The van der Waals surface area contributed by atoms with Crippen molar-refractivity contribution in [1.82, 2.24) is 23.8 Å². The molecule has 0 fully saturated rings. The molecule has 1 amide bonds. The highest BCUT2D eigenvalue weighted by molar-refractivity contribution is 7.00. The van der Waals surface area contributed by atoms with Crippen LogP contribution in [0.5, 0.6) is 5.75 Å². The lowest BCUT2D eigenvalue weighted by Gasteiger charge is -2.19. The Kier molecular flexibility index (Phi) is 4.80. The van der Waals surface area contributed by atoms with Crippen LogP contribution in [0.15, 0.2) is 60.8 Å². The summed E-state index contributed by atoms with van der Waals surface area (Å²) in [5.41, 5.74) is 3.45. The third-order valence-electron chi connectivity index (χ3n) is 4.19. The van der Waals surface area contributed by atoms with Crippen molar-refractivity contribution in [2.75, 3.05) is 6.61 Å². The van der Waals surface area contributed by atoms with Gasteiger partial charge in [0.15, 0.2) is 6.61 Å². The van der Waals surface area contributed by atoms with Gasteiger partial charge >= 0.3 is 0 Å². The molecular weight excluding hydrogens is 362 g/mol. The summed E-state index contributed by atoms with van der Waals surface area (Å²) >= 11 is 1.15. The Hall–Kier alpha value is -3.26. The first kappa shape index (κ1) is 17.2. The quantitative estimate of drug-likeness (QED) is 0.557. The first-order valence-corrected chi connectivity index (χ1v) is 9.11. The molecule has 1 unspecified atom stereocenters. The predicted molar refractivity (Wildman–Crippen MR) is 103 cm³/mol. The molecule has 0 spiro atoms. The summed E-state index contributed by atoms with van der Waals surface area (Å²) in [5, 5.41) is 7.24. The lowest BCUT2D eigenvalue weighted by atomic mass is 10.0. The van der Waals surface area contributed by atoms with E-state index in [1.807, 2.05) is 49.5 Å². The summed E-state index contributed by atoms with van der Waals surface area (Å²) in [7, 11) is 1.85. The Morgan fingerprint density at radius 2 is 1.96 bits per heavy atom. The van der Waals surface area contributed by atoms with Gasteiger partial charge in [-0.25, -0.2) is 0 Å². The second-order valence-corrected chi connectivity index (χ2v) is 6.52. The molecule has 8 heteroatoms. The maximum Gasteiger partial charge on any atom is 0.258 e. The Bertz CT molecular complexity index is 1060. The maximum atomic E-state index is 12.5. The standard InChI is InChI=1S/C19H17N5O2S/c1-24-17(9-10-20-24)19(13-5-3-2-4-6-13)21-18(25)12-26-14-7-8-15-16(11-14)23-27-22-15/h2-11,19H,12H2,1H3,(H,21,25). The van der Waals surface area contributed by atoms with E-state index >= 15 is 0 Å². The SMILES string of the molecule is Cn1nccc1C(NC(=O)COc1ccc2nsnc2c1)c1ccccc1. The molecule has 0 aliphatic heterocycles. The van der Waals surface area contributed by atoms with E-state index < -0.39 is 0 Å². The van der Waals surface area contributed by atoms with E-state index in [0.717, 1.165) is 34.0 Å². The molecular formula is C19H17N5O2S. The van der Waals surface area contributed by atoms with Gasteiger partial charge in [-0.1, -0.05) is 30.3 Å². The minimum Gasteiger partial charge on any atom is -0.484 e. The number of carbonyl (C=O) groups excluding carboxylic acids is 1. The van der Waals surface area contributed by atoms with Crippen LogP contribution in [0.25, 0.3) is 11.0 Å². The number of hydrogen-bond donors (Lipinski definition) is 1. The van der Waals surface area contributed by atoms with Crippen LogP contribution < -0.4 is 10.1 Å². The van der Waals surface area contributed by atoms with Crippen molar-refractivity contribution in [1.29, 1.82) is 0 Å².